The Morgan fingerprint density at radius 3 is 2.10 bits per heavy atom. The third-order valence-electron chi connectivity index (χ3n) is 3.76. The van der Waals surface area contributed by atoms with Crippen LogP contribution in [0, 0.1) is 21.7 Å². The summed E-state index contributed by atoms with van der Waals surface area (Å²) in [6, 6.07) is 1.46. The van der Waals surface area contributed by atoms with E-state index in [-0.39, 0.29) is 5.46 Å². The average molecular weight is 285 g/mol. The Bertz CT molecular complexity index is 561. The van der Waals surface area contributed by atoms with E-state index in [0.29, 0.717) is 6.07 Å². The van der Waals surface area contributed by atoms with Gasteiger partial charge in [0.25, 0.3) is 5.69 Å². The Labute approximate surface area is 115 Å². The molecular weight excluding hydrogens is 271 g/mol. The zero-order valence-corrected chi connectivity index (χ0v) is 11.6. The van der Waals surface area contributed by atoms with Crippen molar-refractivity contribution in [1.29, 1.82) is 0 Å². The van der Waals surface area contributed by atoms with Gasteiger partial charge in [-0.2, -0.15) is 0 Å². The minimum Gasteiger partial charge on any atom is -0.399 e. The molecule has 0 aromatic heterocycles. The molecule has 108 valence electrons. The highest BCUT2D eigenvalue weighted by Crippen LogP contribution is 2.37. The predicted octanol–water partition coefficient (Wildman–Crippen LogP) is 2.17. The lowest BCUT2D eigenvalue weighted by Crippen LogP contribution is -2.41. The standard InChI is InChI=1S/C12H14BF2NO4/c1-11(2)12(3,4)20-13(19-11)8-5-7(16(17)18)6-9(14)10(8)15/h5-6H,1-4H3. The normalized spacial score (nSPS) is 20.2. The molecule has 1 aliphatic rings. The number of rotatable bonds is 2. The van der Waals surface area contributed by atoms with Gasteiger partial charge in [-0.15, -0.1) is 0 Å². The van der Waals surface area contributed by atoms with Gasteiger partial charge in [-0.3, -0.25) is 10.1 Å². The van der Waals surface area contributed by atoms with Crippen LogP contribution in [-0.2, 0) is 9.31 Å². The summed E-state index contributed by atoms with van der Waals surface area (Å²) in [4.78, 5) is 9.93. The SMILES string of the molecule is CC1(C)OB(c2cc([N+](=O)[O-])cc(F)c2F)OC1(C)C. The smallest absolute Gasteiger partial charge is 0.399 e. The van der Waals surface area contributed by atoms with Gasteiger partial charge in [0.05, 0.1) is 22.2 Å². The van der Waals surface area contributed by atoms with Gasteiger partial charge < -0.3 is 9.31 Å². The number of hydrogen-bond acceptors (Lipinski definition) is 4. The summed E-state index contributed by atoms with van der Waals surface area (Å²) in [5.74, 6) is -2.50. The van der Waals surface area contributed by atoms with E-state index in [1.807, 2.05) is 0 Å². The quantitative estimate of drug-likeness (QED) is 0.474. The molecule has 1 aromatic rings. The summed E-state index contributed by atoms with van der Waals surface area (Å²) in [7, 11) is -1.19. The van der Waals surface area contributed by atoms with Crippen LogP contribution in [0.15, 0.2) is 12.1 Å². The van der Waals surface area contributed by atoms with Crippen LogP contribution in [0.4, 0.5) is 14.5 Å². The average Bonchev–Trinajstić information content (AvgIpc) is 2.51. The molecule has 1 aliphatic heterocycles. The van der Waals surface area contributed by atoms with E-state index in [1.165, 1.54) is 0 Å². The first kappa shape index (κ1) is 14.9. The molecule has 0 amide bonds. The van der Waals surface area contributed by atoms with Crippen LogP contribution in [0.3, 0.4) is 0 Å². The Kier molecular flexibility index (Phi) is 3.34. The lowest BCUT2D eigenvalue weighted by molar-refractivity contribution is -0.385. The van der Waals surface area contributed by atoms with E-state index < -0.39 is 40.6 Å². The van der Waals surface area contributed by atoms with Crippen molar-refractivity contribution in [3.8, 4) is 0 Å². The second kappa shape index (κ2) is 4.49. The molecule has 2 rings (SSSR count). The number of hydrogen-bond donors (Lipinski definition) is 0. The first-order chi connectivity index (χ1) is 9.05. The minimum absolute atomic E-state index is 0.310. The molecule has 0 aliphatic carbocycles. The zero-order valence-electron chi connectivity index (χ0n) is 11.6. The number of halogens is 2. The summed E-state index contributed by atoms with van der Waals surface area (Å²) in [6.45, 7) is 6.99. The zero-order chi connectivity index (χ0) is 15.3. The van der Waals surface area contributed by atoms with Gasteiger partial charge in [-0.05, 0) is 27.7 Å². The Morgan fingerprint density at radius 1 is 1.15 bits per heavy atom. The summed E-state index contributed by atoms with van der Waals surface area (Å²) in [5.41, 5.74) is -2.35. The highest BCUT2D eigenvalue weighted by Gasteiger charge is 2.53. The molecule has 1 fully saturated rings. The summed E-state index contributed by atoms with van der Waals surface area (Å²) in [5, 5.41) is 10.7. The lowest BCUT2D eigenvalue weighted by atomic mass is 9.78. The molecule has 0 unspecified atom stereocenters. The molecule has 0 bridgehead atoms. The van der Waals surface area contributed by atoms with Crippen molar-refractivity contribution in [1.82, 2.24) is 0 Å². The maximum absolute atomic E-state index is 13.8. The molecular formula is C12H14BF2NO4. The van der Waals surface area contributed by atoms with Gasteiger partial charge in [0.15, 0.2) is 11.6 Å². The third-order valence-corrected chi connectivity index (χ3v) is 3.76. The molecule has 0 spiro atoms. The molecule has 1 saturated heterocycles. The molecule has 1 heterocycles. The second-order valence-electron chi connectivity index (χ2n) is 5.68. The maximum Gasteiger partial charge on any atom is 0.498 e. The largest absolute Gasteiger partial charge is 0.498 e. The maximum atomic E-state index is 13.8. The molecule has 0 N–H and O–H groups in total. The van der Waals surface area contributed by atoms with E-state index in [9.17, 15) is 18.9 Å². The Hall–Kier alpha value is -1.54. The fourth-order valence-electron chi connectivity index (χ4n) is 1.84. The van der Waals surface area contributed by atoms with Crippen molar-refractivity contribution >= 4 is 18.3 Å². The lowest BCUT2D eigenvalue weighted by Gasteiger charge is -2.32. The van der Waals surface area contributed by atoms with Gasteiger partial charge in [0.1, 0.15) is 0 Å². The van der Waals surface area contributed by atoms with Crippen molar-refractivity contribution < 1.29 is 23.0 Å². The number of benzene rings is 1. The van der Waals surface area contributed by atoms with Crippen molar-refractivity contribution in [2.24, 2.45) is 0 Å². The summed E-state index contributed by atoms with van der Waals surface area (Å²) >= 11 is 0. The van der Waals surface area contributed by atoms with E-state index in [1.54, 1.807) is 27.7 Å². The van der Waals surface area contributed by atoms with E-state index in [4.69, 9.17) is 9.31 Å². The Morgan fingerprint density at radius 2 is 1.65 bits per heavy atom. The van der Waals surface area contributed by atoms with Crippen molar-refractivity contribution in [2.75, 3.05) is 0 Å². The highest BCUT2D eigenvalue weighted by molar-refractivity contribution is 6.62. The number of nitro groups is 1. The van der Waals surface area contributed by atoms with Gasteiger partial charge in [0, 0.05) is 11.5 Å². The van der Waals surface area contributed by atoms with Gasteiger partial charge in [0.2, 0.25) is 0 Å². The predicted molar refractivity (Wildman–Crippen MR) is 68.7 cm³/mol. The van der Waals surface area contributed by atoms with Crippen LogP contribution in [-0.4, -0.2) is 23.2 Å². The first-order valence-electron chi connectivity index (χ1n) is 6.04. The fourth-order valence-corrected chi connectivity index (χ4v) is 1.84. The molecule has 8 heteroatoms. The molecule has 20 heavy (non-hydrogen) atoms. The minimum atomic E-state index is -1.30. The highest BCUT2D eigenvalue weighted by atomic mass is 19.2. The van der Waals surface area contributed by atoms with Crippen LogP contribution >= 0.6 is 0 Å². The molecule has 1 aromatic carbocycles. The van der Waals surface area contributed by atoms with E-state index in [0.717, 1.165) is 6.07 Å². The topological polar surface area (TPSA) is 61.6 Å². The number of nitro benzene ring substituents is 1. The van der Waals surface area contributed by atoms with Crippen molar-refractivity contribution in [3.05, 3.63) is 33.9 Å². The second-order valence-corrected chi connectivity index (χ2v) is 5.68. The third kappa shape index (κ3) is 2.29. The molecule has 0 saturated carbocycles. The fraction of sp³-hybridized carbons (Fsp3) is 0.500. The van der Waals surface area contributed by atoms with Crippen LogP contribution in [0.5, 0.6) is 0 Å². The van der Waals surface area contributed by atoms with E-state index in [2.05, 4.69) is 0 Å². The van der Waals surface area contributed by atoms with Crippen molar-refractivity contribution in [2.45, 2.75) is 38.9 Å². The van der Waals surface area contributed by atoms with Crippen LogP contribution < -0.4 is 5.46 Å². The molecule has 0 radical (unpaired) electrons. The van der Waals surface area contributed by atoms with Crippen LogP contribution in [0.1, 0.15) is 27.7 Å². The van der Waals surface area contributed by atoms with Gasteiger partial charge in [-0.1, -0.05) is 0 Å². The summed E-state index contributed by atoms with van der Waals surface area (Å²) < 4.78 is 38.4. The number of non-ortho nitro benzene ring substituents is 1. The molecule has 5 nitrogen and oxygen atoms in total. The number of nitrogens with zero attached hydrogens (tertiary/aromatic N) is 1. The van der Waals surface area contributed by atoms with E-state index >= 15 is 0 Å². The van der Waals surface area contributed by atoms with Crippen LogP contribution in [0.2, 0.25) is 0 Å². The van der Waals surface area contributed by atoms with Crippen molar-refractivity contribution in [3.63, 3.8) is 0 Å². The van der Waals surface area contributed by atoms with Gasteiger partial charge in [-0.25, -0.2) is 8.78 Å². The monoisotopic (exact) mass is 285 g/mol. The van der Waals surface area contributed by atoms with Crippen LogP contribution in [0.25, 0.3) is 0 Å². The Balaban J connectivity index is 2.47. The molecule has 0 atom stereocenters. The summed E-state index contributed by atoms with van der Waals surface area (Å²) in [6.07, 6.45) is 0. The first-order valence-corrected chi connectivity index (χ1v) is 6.04. The van der Waals surface area contributed by atoms with Gasteiger partial charge >= 0.3 is 7.12 Å².